The zero-order chi connectivity index (χ0) is 24.0. The number of ketones is 1. The number of piperidine rings is 1. The molecule has 1 amide bonds. The molecule has 3 fully saturated rings. The molecule has 0 aromatic carbocycles. The van der Waals surface area contributed by atoms with Gasteiger partial charge in [-0.25, -0.2) is 0 Å². The van der Waals surface area contributed by atoms with Crippen LogP contribution in [-0.2, 0) is 14.3 Å². The molecule has 6 nitrogen and oxygen atoms in total. The van der Waals surface area contributed by atoms with Crippen molar-refractivity contribution in [3.63, 3.8) is 0 Å². The topological polar surface area (TPSA) is 53.1 Å². The number of hydrogen-bond acceptors (Lipinski definition) is 5. The molecule has 0 aromatic heterocycles. The van der Waals surface area contributed by atoms with Crippen molar-refractivity contribution in [2.24, 2.45) is 17.8 Å². The van der Waals surface area contributed by atoms with Crippen LogP contribution in [0.5, 0.6) is 0 Å². The molecular weight excluding hydrogens is 414 g/mol. The summed E-state index contributed by atoms with van der Waals surface area (Å²) >= 11 is 0. The van der Waals surface area contributed by atoms with Gasteiger partial charge in [0, 0.05) is 69.1 Å². The third-order valence-corrected chi connectivity index (χ3v) is 8.66. The monoisotopic (exact) mass is 463 g/mol. The molecule has 190 valence electrons. The van der Waals surface area contributed by atoms with Crippen LogP contribution in [0.15, 0.2) is 0 Å². The molecule has 0 radical (unpaired) electrons. The second kappa shape index (κ2) is 12.1. The molecule has 0 aromatic rings. The van der Waals surface area contributed by atoms with E-state index >= 15 is 0 Å². The molecular formula is C27H49N3O3. The largest absolute Gasteiger partial charge is 0.377 e. The number of hydrogen-bond donors (Lipinski definition) is 0. The van der Waals surface area contributed by atoms with Crippen LogP contribution in [0.4, 0.5) is 0 Å². The van der Waals surface area contributed by atoms with Crippen LogP contribution in [0.25, 0.3) is 0 Å². The van der Waals surface area contributed by atoms with E-state index in [1.807, 2.05) is 13.8 Å². The summed E-state index contributed by atoms with van der Waals surface area (Å²) < 4.78 is 6.21. The lowest BCUT2D eigenvalue weighted by molar-refractivity contribution is -0.141. The molecule has 0 N–H and O–H groups in total. The van der Waals surface area contributed by atoms with E-state index in [1.54, 1.807) is 0 Å². The van der Waals surface area contributed by atoms with Crippen molar-refractivity contribution in [3.8, 4) is 0 Å². The molecule has 33 heavy (non-hydrogen) atoms. The predicted octanol–water partition coefficient (Wildman–Crippen LogP) is 3.83. The summed E-state index contributed by atoms with van der Waals surface area (Å²) in [7, 11) is 0. The van der Waals surface area contributed by atoms with Crippen molar-refractivity contribution < 1.29 is 14.3 Å². The fourth-order valence-electron chi connectivity index (χ4n) is 5.75. The maximum absolute atomic E-state index is 13.0. The van der Waals surface area contributed by atoms with E-state index in [0.29, 0.717) is 17.2 Å². The van der Waals surface area contributed by atoms with Crippen molar-refractivity contribution in [2.45, 2.75) is 91.2 Å². The van der Waals surface area contributed by atoms with Crippen LogP contribution in [0.3, 0.4) is 0 Å². The van der Waals surface area contributed by atoms with Gasteiger partial charge in [0.25, 0.3) is 0 Å². The second-order valence-electron chi connectivity index (χ2n) is 11.5. The zero-order valence-electron chi connectivity index (χ0n) is 22.0. The first-order valence-corrected chi connectivity index (χ1v) is 13.6. The average Bonchev–Trinajstić information content (AvgIpc) is 2.84. The Morgan fingerprint density at radius 2 is 1.45 bits per heavy atom. The first-order chi connectivity index (χ1) is 15.7. The summed E-state index contributed by atoms with van der Waals surface area (Å²) in [6.45, 7) is 18.9. The first kappa shape index (κ1) is 26.6. The Morgan fingerprint density at radius 1 is 0.879 bits per heavy atom. The van der Waals surface area contributed by atoms with Gasteiger partial charge in [-0.2, -0.15) is 0 Å². The second-order valence-corrected chi connectivity index (χ2v) is 11.5. The molecule has 1 saturated carbocycles. The van der Waals surface area contributed by atoms with Gasteiger partial charge in [-0.1, -0.05) is 20.8 Å². The van der Waals surface area contributed by atoms with Gasteiger partial charge in [-0.3, -0.25) is 19.4 Å². The average molecular weight is 464 g/mol. The minimum Gasteiger partial charge on any atom is -0.377 e. The van der Waals surface area contributed by atoms with E-state index in [9.17, 15) is 9.59 Å². The Labute approximate surface area is 202 Å². The Bertz CT molecular complexity index is 627. The molecule has 0 bridgehead atoms. The van der Waals surface area contributed by atoms with Gasteiger partial charge < -0.3 is 9.64 Å². The van der Waals surface area contributed by atoms with Crippen LogP contribution in [0, 0.1) is 17.8 Å². The maximum Gasteiger partial charge on any atom is 0.225 e. The molecule has 0 spiro atoms. The molecule has 0 atom stereocenters. The van der Waals surface area contributed by atoms with Crippen molar-refractivity contribution in [3.05, 3.63) is 0 Å². The van der Waals surface area contributed by atoms with Gasteiger partial charge in [-0.15, -0.1) is 0 Å². The standard InChI is InChI=1S/C27H49N3O3/c1-6-27(4,5)30-17-15-28(16-18-30)19-20-33-24-11-13-29(14-12-24)26(32)23-9-7-22(8-10-23)25(31)21(2)3/h21-24H,6-20H2,1-5H3. The molecule has 3 rings (SSSR count). The molecule has 1 aliphatic carbocycles. The number of carbonyl (C=O) groups excluding carboxylic acids is 2. The van der Waals surface area contributed by atoms with E-state index in [0.717, 1.165) is 90.9 Å². The van der Waals surface area contributed by atoms with Gasteiger partial charge in [0.05, 0.1) is 12.7 Å². The van der Waals surface area contributed by atoms with E-state index in [-0.39, 0.29) is 23.9 Å². The van der Waals surface area contributed by atoms with Crippen LogP contribution in [0.1, 0.15) is 79.6 Å². The molecule has 2 heterocycles. The summed E-state index contributed by atoms with van der Waals surface area (Å²) in [6.07, 6.45) is 6.90. The number of likely N-dealkylation sites (tertiary alicyclic amines) is 1. The van der Waals surface area contributed by atoms with Gasteiger partial charge in [0.2, 0.25) is 5.91 Å². The van der Waals surface area contributed by atoms with E-state index < -0.39 is 0 Å². The molecule has 6 heteroatoms. The normalized spacial score (nSPS) is 26.7. The van der Waals surface area contributed by atoms with E-state index in [4.69, 9.17) is 4.74 Å². The van der Waals surface area contributed by atoms with Crippen molar-refractivity contribution in [1.82, 2.24) is 14.7 Å². The molecule has 2 aliphatic heterocycles. The molecule has 0 unspecified atom stereocenters. The summed E-state index contributed by atoms with van der Waals surface area (Å²) in [5.74, 6) is 1.10. The third-order valence-electron chi connectivity index (χ3n) is 8.66. The Kier molecular flexibility index (Phi) is 9.78. The third kappa shape index (κ3) is 7.25. The highest BCUT2D eigenvalue weighted by atomic mass is 16.5. The summed E-state index contributed by atoms with van der Waals surface area (Å²) in [5.41, 5.74) is 0.304. The minimum absolute atomic E-state index is 0.110. The van der Waals surface area contributed by atoms with Crippen molar-refractivity contribution in [2.75, 3.05) is 52.4 Å². The van der Waals surface area contributed by atoms with E-state index in [2.05, 4.69) is 35.5 Å². The SMILES string of the molecule is CCC(C)(C)N1CCN(CCOC2CCN(C(=O)C3CCC(C(=O)C(C)C)CC3)CC2)CC1. The number of Topliss-reactive ketones (excluding diaryl/α,β-unsaturated/α-hetero) is 1. The number of nitrogens with zero attached hydrogens (tertiary/aromatic N) is 3. The van der Waals surface area contributed by atoms with Crippen LogP contribution >= 0.6 is 0 Å². The van der Waals surface area contributed by atoms with Gasteiger partial charge in [-0.05, 0) is 58.8 Å². The number of piperazine rings is 1. The zero-order valence-corrected chi connectivity index (χ0v) is 22.0. The fourth-order valence-corrected chi connectivity index (χ4v) is 5.75. The fraction of sp³-hybridized carbons (Fsp3) is 0.926. The first-order valence-electron chi connectivity index (χ1n) is 13.6. The van der Waals surface area contributed by atoms with Crippen LogP contribution in [0.2, 0.25) is 0 Å². The summed E-state index contributed by atoms with van der Waals surface area (Å²) in [6, 6.07) is 0. The molecule has 2 saturated heterocycles. The van der Waals surface area contributed by atoms with Gasteiger partial charge in [0.1, 0.15) is 5.78 Å². The quantitative estimate of drug-likeness (QED) is 0.520. The van der Waals surface area contributed by atoms with Crippen LogP contribution < -0.4 is 0 Å². The summed E-state index contributed by atoms with van der Waals surface area (Å²) in [4.78, 5) is 32.5. The Hall–Kier alpha value is -0.980. The highest BCUT2D eigenvalue weighted by Crippen LogP contribution is 2.32. The van der Waals surface area contributed by atoms with Gasteiger partial charge in [0.15, 0.2) is 0 Å². The highest BCUT2D eigenvalue weighted by Gasteiger charge is 2.34. The number of ether oxygens (including phenoxy) is 1. The van der Waals surface area contributed by atoms with Crippen molar-refractivity contribution in [1.29, 1.82) is 0 Å². The minimum atomic E-state index is 0.110. The lowest BCUT2D eigenvalue weighted by Crippen LogP contribution is -2.54. The van der Waals surface area contributed by atoms with E-state index in [1.165, 1.54) is 6.42 Å². The highest BCUT2D eigenvalue weighted by molar-refractivity contribution is 5.83. The lowest BCUT2D eigenvalue weighted by atomic mass is 9.77. The summed E-state index contributed by atoms with van der Waals surface area (Å²) in [5, 5.41) is 0. The van der Waals surface area contributed by atoms with Crippen molar-refractivity contribution >= 4 is 11.7 Å². The van der Waals surface area contributed by atoms with Gasteiger partial charge >= 0.3 is 0 Å². The molecule has 3 aliphatic rings. The van der Waals surface area contributed by atoms with Crippen LogP contribution in [-0.4, -0.2) is 90.5 Å². The Morgan fingerprint density at radius 3 is 2.00 bits per heavy atom. The Balaban J connectivity index is 1.29. The predicted molar refractivity (Wildman–Crippen MR) is 133 cm³/mol. The smallest absolute Gasteiger partial charge is 0.225 e. The maximum atomic E-state index is 13.0. The lowest BCUT2D eigenvalue weighted by Gasteiger charge is -2.44. The number of carbonyl (C=O) groups is 2. The number of rotatable bonds is 9. The number of amides is 1.